The molecule has 1 aromatic heterocycles. The SMILES string of the molecule is COc1ccc(CN2C(=O)NC(CC(=O)NCc3nc4ccccc4n3C)C2=O)cc1. The van der Waals surface area contributed by atoms with E-state index in [1.165, 1.54) is 0 Å². The van der Waals surface area contributed by atoms with Crippen LogP contribution in [0.15, 0.2) is 48.5 Å². The first-order chi connectivity index (χ1) is 15.0. The normalized spacial score (nSPS) is 15.9. The molecule has 1 aliphatic heterocycles. The number of methoxy groups -OCH3 is 1. The molecule has 0 saturated carbocycles. The largest absolute Gasteiger partial charge is 0.497 e. The van der Waals surface area contributed by atoms with Gasteiger partial charge in [-0.25, -0.2) is 9.78 Å². The molecule has 1 aliphatic rings. The van der Waals surface area contributed by atoms with Gasteiger partial charge in [-0.1, -0.05) is 24.3 Å². The number of carbonyl (C=O) groups excluding carboxylic acids is 3. The summed E-state index contributed by atoms with van der Waals surface area (Å²) >= 11 is 0. The highest BCUT2D eigenvalue weighted by atomic mass is 16.5. The zero-order valence-electron chi connectivity index (χ0n) is 17.3. The summed E-state index contributed by atoms with van der Waals surface area (Å²) in [5, 5.41) is 5.37. The third-order valence-corrected chi connectivity index (χ3v) is 5.32. The summed E-state index contributed by atoms with van der Waals surface area (Å²) in [6, 6.07) is 13.4. The van der Waals surface area contributed by atoms with Gasteiger partial charge in [-0.05, 0) is 29.8 Å². The average Bonchev–Trinajstić information content (AvgIpc) is 3.24. The number of carbonyl (C=O) groups is 3. The molecule has 1 atom stereocenters. The lowest BCUT2D eigenvalue weighted by Gasteiger charge is -2.13. The van der Waals surface area contributed by atoms with Crippen LogP contribution in [0.25, 0.3) is 11.0 Å². The second-order valence-electron chi connectivity index (χ2n) is 7.33. The number of aromatic nitrogens is 2. The van der Waals surface area contributed by atoms with Crippen molar-refractivity contribution in [3.05, 3.63) is 59.9 Å². The van der Waals surface area contributed by atoms with Crippen molar-refractivity contribution >= 4 is 28.9 Å². The number of rotatable bonds is 7. The van der Waals surface area contributed by atoms with Crippen LogP contribution in [0.2, 0.25) is 0 Å². The van der Waals surface area contributed by atoms with E-state index in [1.54, 1.807) is 31.4 Å². The van der Waals surface area contributed by atoms with Crippen LogP contribution < -0.4 is 15.4 Å². The van der Waals surface area contributed by atoms with Crippen molar-refractivity contribution in [3.8, 4) is 5.75 Å². The molecule has 2 heterocycles. The molecule has 31 heavy (non-hydrogen) atoms. The number of ether oxygens (including phenoxy) is 1. The maximum atomic E-state index is 12.6. The van der Waals surface area contributed by atoms with Crippen LogP contribution in [0.1, 0.15) is 17.8 Å². The second kappa shape index (κ2) is 8.47. The molecule has 9 heteroatoms. The molecule has 160 valence electrons. The number of para-hydroxylation sites is 2. The summed E-state index contributed by atoms with van der Waals surface area (Å²) in [4.78, 5) is 42.9. The molecule has 0 bridgehead atoms. The van der Waals surface area contributed by atoms with Gasteiger partial charge in [0.25, 0.3) is 5.91 Å². The van der Waals surface area contributed by atoms with Crippen LogP contribution in [0.4, 0.5) is 4.79 Å². The third-order valence-electron chi connectivity index (χ3n) is 5.32. The van der Waals surface area contributed by atoms with Crippen LogP contribution in [-0.4, -0.2) is 45.4 Å². The average molecular weight is 421 g/mol. The Labute approximate surface area is 179 Å². The van der Waals surface area contributed by atoms with E-state index in [4.69, 9.17) is 4.74 Å². The molecule has 3 aromatic rings. The molecule has 0 radical (unpaired) electrons. The van der Waals surface area contributed by atoms with Gasteiger partial charge in [-0.15, -0.1) is 0 Å². The standard InChI is InChI=1S/C22H23N5O4/c1-26-18-6-4-3-5-16(18)24-19(26)12-23-20(28)11-17-21(29)27(22(30)25-17)13-14-7-9-15(31-2)10-8-14/h3-10,17H,11-13H2,1-2H3,(H,23,28)(H,25,30). The fourth-order valence-electron chi connectivity index (χ4n) is 3.57. The number of urea groups is 1. The Bertz CT molecular complexity index is 1140. The lowest BCUT2D eigenvalue weighted by Crippen LogP contribution is -2.36. The number of nitrogens with one attached hydrogen (secondary N) is 2. The number of imide groups is 1. The molecule has 2 aromatic carbocycles. The van der Waals surface area contributed by atoms with Crippen molar-refractivity contribution in [2.45, 2.75) is 25.6 Å². The lowest BCUT2D eigenvalue weighted by atomic mass is 10.1. The molecule has 9 nitrogen and oxygen atoms in total. The van der Waals surface area contributed by atoms with E-state index in [2.05, 4.69) is 15.6 Å². The van der Waals surface area contributed by atoms with Crippen LogP contribution in [0, 0.1) is 0 Å². The molecule has 1 unspecified atom stereocenters. The van der Waals surface area contributed by atoms with E-state index >= 15 is 0 Å². The molecular weight excluding hydrogens is 398 g/mol. The van der Waals surface area contributed by atoms with E-state index in [1.807, 2.05) is 35.9 Å². The van der Waals surface area contributed by atoms with Gasteiger partial charge < -0.3 is 19.9 Å². The van der Waals surface area contributed by atoms with E-state index < -0.39 is 18.0 Å². The van der Waals surface area contributed by atoms with Gasteiger partial charge >= 0.3 is 6.03 Å². The Balaban J connectivity index is 1.34. The highest BCUT2D eigenvalue weighted by Gasteiger charge is 2.38. The van der Waals surface area contributed by atoms with Crippen molar-refractivity contribution in [3.63, 3.8) is 0 Å². The predicted octanol–water partition coefficient (Wildman–Crippen LogP) is 1.71. The number of hydrogen-bond donors (Lipinski definition) is 2. The Morgan fingerprint density at radius 1 is 1.16 bits per heavy atom. The fraction of sp³-hybridized carbons (Fsp3) is 0.273. The Hall–Kier alpha value is -3.88. The molecular formula is C22H23N5O4. The first-order valence-electron chi connectivity index (χ1n) is 9.88. The number of aryl methyl sites for hydroxylation is 1. The molecule has 4 amide bonds. The van der Waals surface area contributed by atoms with Gasteiger partial charge in [0, 0.05) is 7.05 Å². The van der Waals surface area contributed by atoms with Crippen molar-refractivity contribution in [1.82, 2.24) is 25.1 Å². The quantitative estimate of drug-likeness (QED) is 0.565. The number of amides is 4. The predicted molar refractivity (Wildman–Crippen MR) is 113 cm³/mol. The van der Waals surface area contributed by atoms with Gasteiger partial charge in [0.05, 0.1) is 37.7 Å². The van der Waals surface area contributed by atoms with Gasteiger partial charge in [0.1, 0.15) is 17.6 Å². The van der Waals surface area contributed by atoms with Crippen LogP contribution in [0.5, 0.6) is 5.75 Å². The van der Waals surface area contributed by atoms with E-state index in [0.717, 1.165) is 21.5 Å². The Morgan fingerprint density at radius 3 is 2.61 bits per heavy atom. The maximum Gasteiger partial charge on any atom is 0.325 e. The number of imidazole rings is 1. The first-order valence-corrected chi connectivity index (χ1v) is 9.88. The summed E-state index contributed by atoms with van der Waals surface area (Å²) in [6.07, 6.45) is -0.131. The Kier molecular flexibility index (Phi) is 5.57. The zero-order chi connectivity index (χ0) is 22.0. The van der Waals surface area contributed by atoms with Gasteiger partial charge in [-0.2, -0.15) is 0 Å². The van der Waals surface area contributed by atoms with Crippen molar-refractivity contribution < 1.29 is 19.1 Å². The number of fused-ring (bicyclic) bond motifs is 1. The number of benzene rings is 2. The monoisotopic (exact) mass is 421 g/mol. The summed E-state index contributed by atoms with van der Waals surface area (Å²) < 4.78 is 7.02. The highest BCUT2D eigenvalue weighted by Crippen LogP contribution is 2.17. The lowest BCUT2D eigenvalue weighted by molar-refractivity contribution is -0.131. The summed E-state index contributed by atoms with van der Waals surface area (Å²) in [6.45, 7) is 0.362. The fourth-order valence-corrected chi connectivity index (χ4v) is 3.57. The number of nitrogens with zero attached hydrogens (tertiary/aromatic N) is 3. The van der Waals surface area contributed by atoms with E-state index in [-0.39, 0.29) is 25.4 Å². The van der Waals surface area contributed by atoms with Gasteiger partial charge in [-0.3, -0.25) is 14.5 Å². The van der Waals surface area contributed by atoms with E-state index in [9.17, 15) is 14.4 Å². The van der Waals surface area contributed by atoms with Crippen LogP contribution in [0.3, 0.4) is 0 Å². The second-order valence-corrected chi connectivity index (χ2v) is 7.33. The molecule has 0 aliphatic carbocycles. The molecule has 2 N–H and O–H groups in total. The molecule has 1 saturated heterocycles. The van der Waals surface area contributed by atoms with Crippen molar-refractivity contribution in [2.24, 2.45) is 7.05 Å². The zero-order valence-corrected chi connectivity index (χ0v) is 17.3. The summed E-state index contributed by atoms with van der Waals surface area (Å²) in [7, 11) is 3.45. The molecule has 1 fully saturated rings. The minimum Gasteiger partial charge on any atom is -0.497 e. The minimum absolute atomic E-state index is 0.131. The molecule has 0 spiro atoms. The summed E-state index contributed by atoms with van der Waals surface area (Å²) in [5.41, 5.74) is 2.61. The van der Waals surface area contributed by atoms with Gasteiger partial charge in [0.2, 0.25) is 5.91 Å². The Morgan fingerprint density at radius 2 is 1.90 bits per heavy atom. The van der Waals surface area contributed by atoms with Crippen molar-refractivity contribution in [1.29, 1.82) is 0 Å². The minimum atomic E-state index is -0.883. The molecule has 4 rings (SSSR count). The summed E-state index contributed by atoms with van der Waals surface area (Å²) in [5.74, 6) is 0.643. The van der Waals surface area contributed by atoms with E-state index in [0.29, 0.717) is 11.6 Å². The number of hydrogen-bond acceptors (Lipinski definition) is 5. The highest BCUT2D eigenvalue weighted by molar-refractivity contribution is 6.05. The third kappa shape index (κ3) is 4.20. The maximum absolute atomic E-state index is 12.6. The van der Waals surface area contributed by atoms with Gasteiger partial charge in [0.15, 0.2) is 0 Å². The topological polar surface area (TPSA) is 106 Å². The van der Waals surface area contributed by atoms with Crippen LogP contribution >= 0.6 is 0 Å². The van der Waals surface area contributed by atoms with Crippen LogP contribution in [-0.2, 0) is 29.7 Å². The van der Waals surface area contributed by atoms with Crippen molar-refractivity contribution in [2.75, 3.05) is 7.11 Å². The first kappa shape index (κ1) is 20.4. The smallest absolute Gasteiger partial charge is 0.325 e.